The Balaban J connectivity index is 1.79. The van der Waals surface area contributed by atoms with Crippen molar-refractivity contribution in [3.8, 4) is 11.6 Å². The van der Waals surface area contributed by atoms with Crippen LogP contribution in [0, 0.1) is 6.92 Å². The molecular formula is C11H11N5OS2. The Labute approximate surface area is 117 Å². The van der Waals surface area contributed by atoms with E-state index < -0.39 is 0 Å². The van der Waals surface area contributed by atoms with Crippen molar-refractivity contribution in [1.82, 2.24) is 20.1 Å². The Morgan fingerprint density at radius 1 is 1.21 bits per heavy atom. The molecule has 8 heteroatoms. The Hall–Kier alpha value is -1.64. The smallest absolute Gasteiger partial charge is 0.277 e. The van der Waals surface area contributed by atoms with Crippen molar-refractivity contribution in [2.75, 3.05) is 0 Å². The molecule has 0 fully saturated rings. The highest BCUT2D eigenvalue weighted by atomic mass is 32.1. The lowest BCUT2D eigenvalue weighted by Crippen LogP contribution is -1.94. The molecule has 0 aromatic carbocycles. The Morgan fingerprint density at radius 2 is 2.11 bits per heavy atom. The first kappa shape index (κ1) is 12.4. The minimum absolute atomic E-state index is 0.420. The van der Waals surface area contributed by atoms with Gasteiger partial charge in [0.05, 0.1) is 17.1 Å². The molecule has 2 N–H and O–H groups in total. The quantitative estimate of drug-likeness (QED) is 0.791. The monoisotopic (exact) mass is 293 g/mol. The van der Waals surface area contributed by atoms with Gasteiger partial charge in [-0.25, -0.2) is 9.97 Å². The fourth-order valence-electron chi connectivity index (χ4n) is 1.58. The Kier molecular flexibility index (Phi) is 3.36. The van der Waals surface area contributed by atoms with Crippen LogP contribution in [0.2, 0.25) is 0 Å². The molecule has 0 radical (unpaired) electrons. The van der Waals surface area contributed by atoms with Gasteiger partial charge in [-0.05, 0) is 6.92 Å². The number of rotatable bonds is 4. The van der Waals surface area contributed by atoms with Gasteiger partial charge in [0.25, 0.3) is 5.89 Å². The number of hydrogen-bond acceptors (Lipinski definition) is 8. The second kappa shape index (κ2) is 5.16. The molecule has 0 unspecified atom stereocenters. The molecule has 0 atom stereocenters. The van der Waals surface area contributed by atoms with Crippen LogP contribution >= 0.6 is 22.7 Å². The zero-order valence-corrected chi connectivity index (χ0v) is 11.8. The third-order valence-corrected chi connectivity index (χ3v) is 4.11. The van der Waals surface area contributed by atoms with E-state index in [1.807, 2.05) is 17.7 Å². The lowest BCUT2D eigenvalue weighted by atomic mass is 10.3. The number of aromatic nitrogens is 4. The van der Waals surface area contributed by atoms with Gasteiger partial charge in [0.15, 0.2) is 5.82 Å². The van der Waals surface area contributed by atoms with E-state index >= 15 is 0 Å². The predicted octanol–water partition coefficient (Wildman–Crippen LogP) is 2.01. The van der Waals surface area contributed by atoms with Crippen LogP contribution in [0.1, 0.15) is 21.5 Å². The van der Waals surface area contributed by atoms with E-state index in [0.717, 1.165) is 15.7 Å². The molecule has 3 aromatic heterocycles. The molecule has 3 heterocycles. The van der Waals surface area contributed by atoms with Crippen LogP contribution in [0.4, 0.5) is 0 Å². The van der Waals surface area contributed by atoms with Gasteiger partial charge in [-0.2, -0.15) is 4.98 Å². The van der Waals surface area contributed by atoms with Crippen LogP contribution in [-0.4, -0.2) is 20.1 Å². The van der Waals surface area contributed by atoms with Crippen molar-refractivity contribution in [3.63, 3.8) is 0 Å². The summed E-state index contributed by atoms with van der Waals surface area (Å²) in [7, 11) is 0. The summed E-state index contributed by atoms with van der Waals surface area (Å²) in [4.78, 5) is 13.0. The summed E-state index contributed by atoms with van der Waals surface area (Å²) in [6.45, 7) is 2.39. The lowest BCUT2D eigenvalue weighted by Gasteiger charge is -1.87. The van der Waals surface area contributed by atoms with Crippen LogP contribution in [0.3, 0.4) is 0 Å². The van der Waals surface area contributed by atoms with E-state index in [4.69, 9.17) is 10.3 Å². The largest absolute Gasteiger partial charge is 0.332 e. The predicted molar refractivity (Wildman–Crippen MR) is 73.0 cm³/mol. The van der Waals surface area contributed by atoms with E-state index in [2.05, 4.69) is 20.1 Å². The standard InChI is InChI=1S/C11H11N5OS2/c1-6-13-7(4-18-6)2-9-15-11(17-16-9)8-5-19-10(3-12)14-8/h4-5H,2-3,12H2,1H3. The fraction of sp³-hybridized carbons (Fsp3) is 0.273. The fourth-order valence-corrected chi connectivity index (χ4v) is 2.85. The van der Waals surface area contributed by atoms with Crippen molar-refractivity contribution >= 4 is 22.7 Å². The zero-order valence-electron chi connectivity index (χ0n) is 10.2. The minimum Gasteiger partial charge on any atom is -0.332 e. The molecule has 6 nitrogen and oxygen atoms in total. The maximum absolute atomic E-state index is 5.53. The number of aryl methyl sites for hydroxylation is 1. The average molecular weight is 293 g/mol. The maximum atomic E-state index is 5.53. The van der Waals surface area contributed by atoms with Gasteiger partial charge in [-0.15, -0.1) is 22.7 Å². The molecule has 0 spiro atoms. The summed E-state index contributed by atoms with van der Waals surface area (Å²) in [6, 6.07) is 0. The highest BCUT2D eigenvalue weighted by Gasteiger charge is 2.13. The molecule has 98 valence electrons. The molecule has 0 aliphatic carbocycles. The van der Waals surface area contributed by atoms with Gasteiger partial charge >= 0.3 is 0 Å². The van der Waals surface area contributed by atoms with E-state index in [1.54, 1.807) is 11.3 Å². The van der Waals surface area contributed by atoms with Crippen LogP contribution < -0.4 is 5.73 Å². The molecule has 3 aromatic rings. The first-order valence-corrected chi connectivity index (χ1v) is 7.39. The lowest BCUT2D eigenvalue weighted by molar-refractivity contribution is 0.422. The van der Waals surface area contributed by atoms with E-state index in [-0.39, 0.29) is 0 Å². The SMILES string of the molecule is Cc1nc(Cc2noc(-c3csc(CN)n3)n2)cs1. The number of hydrogen-bond donors (Lipinski definition) is 1. The third-order valence-electron chi connectivity index (χ3n) is 2.42. The maximum Gasteiger partial charge on any atom is 0.277 e. The van der Waals surface area contributed by atoms with Crippen LogP contribution in [0.25, 0.3) is 11.6 Å². The Bertz CT molecular complexity index is 687. The van der Waals surface area contributed by atoms with Gasteiger partial charge < -0.3 is 10.3 Å². The Morgan fingerprint density at radius 3 is 2.79 bits per heavy atom. The normalized spacial score (nSPS) is 11.1. The third kappa shape index (κ3) is 2.70. The first-order valence-electron chi connectivity index (χ1n) is 5.63. The van der Waals surface area contributed by atoms with Gasteiger partial charge in [0, 0.05) is 17.3 Å². The van der Waals surface area contributed by atoms with Gasteiger partial charge in [-0.1, -0.05) is 5.16 Å². The van der Waals surface area contributed by atoms with E-state index in [0.29, 0.717) is 30.4 Å². The van der Waals surface area contributed by atoms with Crippen LogP contribution in [0.5, 0.6) is 0 Å². The summed E-state index contributed by atoms with van der Waals surface area (Å²) < 4.78 is 5.21. The second-order valence-electron chi connectivity index (χ2n) is 3.88. The highest BCUT2D eigenvalue weighted by Crippen LogP contribution is 2.20. The van der Waals surface area contributed by atoms with Crippen molar-refractivity contribution in [3.05, 3.63) is 32.3 Å². The number of nitrogens with two attached hydrogens (primary N) is 1. The van der Waals surface area contributed by atoms with Crippen molar-refractivity contribution in [2.24, 2.45) is 5.73 Å². The average Bonchev–Trinajstić information content (AvgIpc) is 3.10. The summed E-state index contributed by atoms with van der Waals surface area (Å²) in [6.07, 6.45) is 0.571. The molecule has 0 bridgehead atoms. The van der Waals surface area contributed by atoms with Crippen LogP contribution in [0.15, 0.2) is 15.3 Å². The second-order valence-corrected chi connectivity index (χ2v) is 5.89. The molecular weight excluding hydrogens is 282 g/mol. The first-order chi connectivity index (χ1) is 9.24. The topological polar surface area (TPSA) is 90.7 Å². The van der Waals surface area contributed by atoms with Crippen molar-refractivity contribution in [2.45, 2.75) is 19.9 Å². The van der Waals surface area contributed by atoms with Gasteiger partial charge in [0.2, 0.25) is 0 Å². The minimum atomic E-state index is 0.420. The molecule has 3 rings (SSSR count). The number of nitrogens with zero attached hydrogens (tertiary/aromatic N) is 4. The summed E-state index contributed by atoms with van der Waals surface area (Å²) in [5.41, 5.74) is 7.16. The summed E-state index contributed by atoms with van der Waals surface area (Å²) in [5, 5.41) is 9.70. The van der Waals surface area contributed by atoms with Gasteiger partial charge in [-0.3, -0.25) is 0 Å². The molecule has 19 heavy (non-hydrogen) atoms. The highest BCUT2D eigenvalue weighted by molar-refractivity contribution is 7.10. The molecule has 0 amide bonds. The summed E-state index contributed by atoms with van der Waals surface area (Å²) in [5.74, 6) is 1.04. The van der Waals surface area contributed by atoms with Crippen molar-refractivity contribution < 1.29 is 4.52 Å². The van der Waals surface area contributed by atoms with E-state index in [9.17, 15) is 0 Å². The van der Waals surface area contributed by atoms with Crippen molar-refractivity contribution in [1.29, 1.82) is 0 Å². The molecule has 0 saturated carbocycles. The van der Waals surface area contributed by atoms with E-state index in [1.165, 1.54) is 11.3 Å². The van der Waals surface area contributed by atoms with Crippen LogP contribution in [-0.2, 0) is 13.0 Å². The molecule has 0 saturated heterocycles. The van der Waals surface area contributed by atoms with Gasteiger partial charge in [0.1, 0.15) is 10.7 Å². The molecule has 0 aliphatic rings. The zero-order chi connectivity index (χ0) is 13.2. The molecule has 0 aliphatic heterocycles. The number of thiazole rings is 2. The summed E-state index contributed by atoms with van der Waals surface area (Å²) >= 11 is 3.10.